The lowest BCUT2D eigenvalue weighted by molar-refractivity contribution is -0.150. The van der Waals surface area contributed by atoms with E-state index in [1.807, 2.05) is 17.0 Å². The van der Waals surface area contributed by atoms with Gasteiger partial charge in [-0.1, -0.05) is 0 Å². The Morgan fingerprint density at radius 2 is 1.93 bits per heavy atom. The highest BCUT2D eigenvalue weighted by atomic mass is 19.3. The van der Waals surface area contributed by atoms with E-state index in [9.17, 15) is 13.6 Å². The van der Waals surface area contributed by atoms with Crippen molar-refractivity contribution >= 4 is 17.4 Å². The summed E-state index contributed by atoms with van der Waals surface area (Å²) in [5, 5.41) is 13.1. The first kappa shape index (κ1) is 17.7. The van der Waals surface area contributed by atoms with Gasteiger partial charge < -0.3 is 14.5 Å². The van der Waals surface area contributed by atoms with Gasteiger partial charge in [-0.05, 0) is 25.0 Å². The van der Waals surface area contributed by atoms with Crippen molar-refractivity contribution in [2.75, 3.05) is 37.7 Å². The van der Waals surface area contributed by atoms with Crippen LogP contribution in [0.15, 0.2) is 12.1 Å². The van der Waals surface area contributed by atoms with Crippen molar-refractivity contribution in [2.45, 2.75) is 43.6 Å². The zero-order valence-corrected chi connectivity index (χ0v) is 15.4. The molecule has 0 spiro atoms. The summed E-state index contributed by atoms with van der Waals surface area (Å²) in [6.45, 7) is 1.49. The fraction of sp³-hybridized carbons (Fsp3) is 0.667. The van der Waals surface area contributed by atoms with E-state index in [1.165, 1.54) is 4.90 Å². The second-order valence-electron chi connectivity index (χ2n) is 7.78. The Balaban J connectivity index is 1.31. The normalized spacial score (nSPS) is 25.3. The van der Waals surface area contributed by atoms with Crippen LogP contribution >= 0.6 is 0 Å². The van der Waals surface area contributed by atoms with Crippen LogP contribution in [0, 0.1) is 0 Å². The highest BCUT2D eigenvalue weighted by molar-refractivity contribution is 5.82. The number of rotatable bonds is 3. The number of halogens is 2. The fourth-order valence-corrected chi connectivity index (χ4v) is 3.83. The maximum absolute atomic E-state index is 13.4. The largest absolute Gasteiger partial charge is 0.365 e. The van der Waals surface area contributed by atoms with Crippen molar-refractivity contribution in [3.63, 3.8) is 0 Å². The number of morpholine rings is 1. The summed E-state index contributed by atoms with van der Waals surface area (Å²) in [5.74, 6) is -0.848. The molecular formula is C18H22F2N6O2. The molecule has 3 fully saturated rings. The zero-order valence-electron chi connectivity index (χ0n) is 15.4. The molecular weight excluding hydrogens is 370 g/mol. The minimum Gasteiger partial charge on any atom is -0.365 e. The Labute approximate surface area is 160 Å². The van der Waals surface area contributed by atoms with Gasteiger partial charge in [0.05, 0.1) is 13.2 Å². The molecule has 2 saturated heterocycles. The van der Waals surface area contributed by atoms with Crippen molar-refractivity contribution in [2.24, 2.45) is 0 Å². The van der Waals surface area contributed by atoms with E-state index in [4.69, 9.17) is 4.74 Å². The molecule has 28 heavy (non-hydrogen) atoms. The van der Waals surface area contributed by atoms with Crippen LogP contribution in [-0.4, -0.2) is 75.4 Å². The summed E-state index contributed by atoms with van der Waals surface area (Å²) in [6.07, 6.45) is 0.975. The summed E-state index contributed by atoms with van der Waals surface area (Å²) in [7, 11) is 0. The second kappa shape index (κ2) is 6.61. The summed E-state index contributed by atoms with van der Waals surface area (Å²) in [6, 6.07) is 3.75. The predicted molar refractivity (Wildman–Crippen MR) is 95.5 cm³/mol. The van der Waals surface area contributed by atoms with Crippen molar-refractivity contribution < 1.29 is 18.3 Å². The van der Waals surface area contributed by atoms with Crippen LogP contribution in [0.5, 0.6) is 0 Å². The van der Waals surface area contributed by atoms with Gasteiger partial charge in [0.1, 0.15) is 5.82 Å². The van der Waals surface area contributed by atoms with Crippen molar-refractivity contribution in [1.82, 2.24) is 24.7 Å². The highest BCUT2D eigenvalue weighted by Gasteiger charge is 2.39. The number of likely N-dealkylation sites (tertiary alicyclic amines) is 1. The summed E-state index contributed by atoms with van der Waals surface area (Å²) >= 11 is 0. The number of anilines is 1. The first-order chi connectivity index (χ1) is 13.5. The van der Waals surface area contributed by atoms with E-state index >= 15 is 0 Å². The molecule has 4 heterocycles. The fourth-order valence-electron chi connectivity index (χ4n) is 3.83. The van der Waals surface area contributed by atoms with Gasteiger partial charge in [0.2, 0.25) is 0 Å². The van der Waals surface area contributed by atoms with E-state index in [0.717, 1.165) is 24.5 Å². The van der Waals surface area contributed by atoms with Gasteiger partial charge in [0.15, 0.2) is 17.6 Å². The molecule has 1 aliphatic carbocycles. The van der Waals surface area contributed by atoms with Gasteiger partial charge in [-0.15, -0.1) is 15.3 Å². The molecule has 10 heteroatoms. The molecule has 0 N–H and O–H groups in total. The molecule has 150 valence electrons. The number of ether oxygens (including phenoxy) is 1. The molecule has 5 rings (SSSR count). The maximum Gasteiger partial charge on any atom is 0.253 e. The van der Waals surface area contributed by atoms with Crippen LogP contribution in [0.25, 0.3) is 5.65 Å². The Morgan fingerprint density at radius 3 is 2.68 bits per heavy atom. The molecule has 1 unspecified atom stereocenters. The number of hydrogen-bond acceptors (Lipinski definition) is 6. The minimum atomic E-state index is -2.67. The molecule has 2 aromatic heterocycles. The summed E-state index contributed by atoms with van der Waals surface area (Å²) < 4.78 is 34.2. The SMILES string of the molecule is O=C(C1CN(c2ccc3nnc(C4CC4)n3n2)CCO1)N1CCC(F)(F)CC1. The van der Waals surface area contributed by atoms with Crippen LogP contribution in [0.1, 0.15) is 37.4 Å². The van der Waals surface area contributed by atoms with Gasteiger partial charge in [-0.25, -0.2) is 8.78 Å². The average Bonchev–Trinajstić information content (AvgIpc) is 3.46. The number of carbonyl (C=O) groups excluding carboxylic acids is 1. The molecule has 8 nitrogen and oxygen atoms in total. The first-order valence-corrected chi connectivity index (χ1v) is 9.76. The van der Waals surface area contributed by atoms with Crippen molar-refractivity contribution in [3.8, 4) is 0 Å². The van der Waals surface area contributed by atoms with Crippen LogP contribution in [0.2, 0.25) is 0 Å². The number of aromatic nitrogens is 4. The van der Waals surface area contributed by atoms with Crippen molar-refractivity contribution in [3.05, 3.63) is 18.0 Å². The number of carbonyl (C=O) groups is 1. The Bertz CT molecular complexity index is 889. The number of fused-ring (bicyclic) bond motifs is 1. The number of hydrogen-bond donors (Lipinski definition) is 0. The molecule has 3 aliphatic rings. The summed E-state index contributed by atoms with van der Waals surface area (Å²) in [5.41, 5.74) is 0.709. The van der Waals surface area contributed by atoms with Gasteiger partial charge in [0.25, 0.3) is 11.8 Å². The molecule has 2 aromatic rings. The molecule has 2 aliphatic heterocycles. The second-order valence-corrected chi connectivity index (χ2v) is 7.78. The van der Waals surface area contributed by atoms with Crippen LogP contribution in [0.4, 0.5) is 14.6 Å². The van der Waals surface area contributed by atoms with E-state index in [0.29, 0.717) is 31.3 Å². The number of piperidine rings is 1. The van der Waals surface area contributed by atoms with Crippen LogP contribution < -0.4 is 4.90 Å². The van der Waals surface area contributed by atoms with E-state index in [2.05, 4.69) is 15.3 Å². The molecule has 0 radical (unpaired) electrons. The van der Waals surface area contributed by atoms with Gasteiger partial charge in [-0.2, -0.15) is 4.52 Å². The molecule has 0 aromatic carbocycles. The Kier molecular flexibility index (Phi) is 4.18. The topological polar surface area (TPSA) is 75.9 Å². The molecule has 1 amide bonds. The summed E-state index contributed by atoms with van der Waals surface area (Å²) in [4.78, 5) is 16.2. The Hall–Kier alpha value is -2.36. The van der Waals surface area contributed by atoms with Gasteiger partial charge in [0, 0.05) is 38.4 Å². The smallest absolute Gasteiger partial charge is 0.253 e. The third kappa shape index (κ3) is 3.30. The Morgan fingerprint density at radius 1 is 1.14 bits per heavy atom. The van der Waals surface area contributed by atoms with Crippen molar-refractivity contribution in [1.29, 1.82) is 0 Å². The molecule has 0 bridgehead atoms. The first-order valence-electron chi connectivity index (χ1n) is 9.76. The molecule has 1 atom stereocenters. The van der Waals surface area contributed by atoms with Crippen LogP contribution in [-0.2, 0) is 9.53 Å². The molecule has 1 saturated carbocycles. The van der Waals surface area contributed by atoms with E-state index in [1.54, 1.807) is 4.52 Å². The standard InChI is InChI=1S/C18H22F2N6O2/c19-18(20)5-7-24(8-6-18)17(27)13-11-25(9-10-28-13)15-4-3-14-21-22-16(12-1-2-12)26(14)23-15/h3-4,12-13H,1-2,5-11H2. The quantitative estimate of drug-likeness (QED) is 0.787. The maximum atomic E-state index is 13.4. The van der Waals surface area contributed by atoms with E-state index < -0.39 is 12.0 Å². The lowest BCUT2D eigenvalue weighted by Gasteiger charge is -2.37. The third-order valence-corrected chi connectivity index (χ3v) is 5.69. The number of alkyl halides is 2. The van der Waals surface area contributed by atoms with Crippen LogP contribution in [0.3, 0.4) is 0 Å². The average molecular weight is 392 g/mol. The zero-order chi connectivity index (χ0) is 19.3. The number of amides is 1. The lowest BCUT2D eigenvalue weighted by Crippen LogP contribution is -2.53. The van der Waals surface area contributed by atoms with E-state index in [-0.39, 0.29) is 31.8 Å². The predicted octanol–water partition coefficient (Wildman–Crippen LogP) is 1.46. The van der Waals surface area contributed by atoms with Gasteiger partial charge in [-0.3, -0.25) is 4.79 Å². The van der Waals surface area contributed by atoms with Gasteiger partial charge >= 0.3 is 0 Å². The lowest BCUT2D eigenvalue weighted by atomic mass is 10.1. The minimum absolute atomic E-state index is 0.0708. The number of nitrogens with zero attached hydrogens (tertiary/aromatic N) is 6. The third-order valence-electron chi connectivity index (χ3n) is 5.69. The monoisotopic (exact) mass is 392 g/mol. The highest BCUT2D eigenvalue weighted by Crippen LogP contribution is 2.38.